The van der Waals surface area contributed by atoms with Gasteiger partial charge >= 0.3 is 5.97 Å². The van der Waals surface area contributed by atoms with Crippen LogP contribution in [0.2, 0.25) is 0 Å². The Morgan fingerprint density at radius 1 is 1.30 bits per heavy atom. The molecule has 0 saturated carbocycles. The Balaban J connectivity index is 1.86. The van der Waals surface area contributed by atoms with Crippen LogP contribution in [0.25, 0.3) is 0 Å². The maximum Gasteiger partial charge on any atom is 0.303 e. The third-order valence-corrected chi connectivity index (χ3v) is 3.62. The summed E-state index contributed by atoms with van der Waals surface area (Å²) in [5.41, 5.74) is 1.10. The van der Waals surface area contributed by atoms with E-state index < -0.39 is 5.97 Å². The lowest BCUT2D eigenvalue weighted by Crippen LogP contribution is -1.95. The molecule has 5 nitrogen and oxygen atoms in total. The zero-order valence-corrected chi connectivity index (χ0v) is 12.5. The first kappa shape index (κ1) is 14.7. The Labute approximate surface area is 125 Å². The van der Waals surface area contributed by atoms with Crippen LogP contribution in [-0.4, -0.2) is 21.2 Å². The van der Waals surface area contributed by atoms with Crippen molar-refractivity contribution >= 4 is 21.9 Å². The van der Waals surface area contributed by atoms with E-state index in [0.717, 1.165) is 16.5 Å². The Bertz CT molecular complexity index is 583. The van der Waals surface area contributed by atoms with Crippen molar-refractivity contribution in [2.45, 2.75) is 32.1 Å². The van der Waals surface area contributed by atoms with Crippen molar-refractivity contribution in [1.29, 1.82) is 0 Å². The van der Waals surface area contributed by atoms with Gasteiger partial charge < -0.3 is 9.63 Å². The van der Waals surface area contributed by atoms with Gasteiger partial charge in [-0.3, -0.25) is 4.79 Å². The molecule has 0 saturated heterocycles. The van der Waals surface area contributed by atoms with Crippen molar-refractivity contribution in [3.8, 4) is 0 Å². The average Bonchev–Trinajstić information content (AvgIpc) is 2.85. The van der Waals surface area contributed by atoms with Gasteiger partial charge in [0.25, 0.3) is 0 Å². The first-order valence-electron chi connectivity index (χ1n) is 6.42. The molecule has 0 unspecified atom stereocenters. The SMILES string of the molecule is O=C(O)CCCCc1nc(Cc2ccccc2Br)no1. The summed E-state index contributed by atoms with van der Waals surface area (Å²) in [5.74, 6) is 0.438. The molecular formula is C14H15BrN2O3. The van der Waals surface area contributed by atoms with E-state index in [-0.39, 0.29) is 6.42 Å². The summed E-state index contributed by atoms with van der Waals surface area (Å²) in [6, 6.07) is 7.90. The molecule has 0 spiro atoms. The van der Waals surface area contributed by atoms with E-state index in [2.05, 4.69) is 26.1 Å². The number of benzene rings is 1. The van der Waals surface area contributed by atoms with Crippen molar-refractivity contribution in [2.75, 3.05) is 0 Å². The number of rotatable bonds is 7. The van der Waals surface area contributed by atoms with E-state index >= 15 is 0 Å². The van der Waals surface area contributed by atoms with Crippen LogP contribution in [0.4, 0.5) is 0 Å². The normalized spacial score (nSPS) is 10.7. The zero-order chi connectivity index (χ0) is 14.4. The Morgan fingerprint density at radius 3 is 2.85 bits per heavy atom. The smallest absolute Gasteiger partial charge is 0.303 e. The molecule has 1 N–H and O–H groups in total. The number of aryl methyl sites for hydroxylation is 1. The highest BCUT2D eigenvalue weighted by molar-refractivity contribution is 9.10. The molecular weight excluding hydrogens is 324 g/mol. The van der Waals surface area contributed by atoms with Crippen molar-refractivity contribution < 1.29 is 14.4 Å². The molecule has 1 aromatic heterocycles. The first-order valence-corrected chi connectivity index (χ1v) is 7.21. The zero-order valence-electron chi connectivity index (χ0n) is 10.9. The molecule has 2 aromatic rings. The molecule has 0 bridgehead atoms. The van der Waals surface area contributed by atoms with Gasteiger partial charge in [-0.2, -0.15) is 4.98 Å². The number of carboxylic acid groups (broad SMARTS) is 1. The molecule has 0 aliphatic heterocycles. The van der Waals surface area contributed by atoms with E-state index in [9.17, 15) is 4.79 Å². The molecule has 20 heavy (non-hydrogen) atoms. The molecule has 0 amide bonds. The molecule has 0 radical (unpaired) electrons. The van der Waals surface area contributed by atoms with Crippen LogP contribution in [0.15, 0.2) is 33.3 Å². The third kappa shape index (κ3) is 4.45. The predicted molar refractivity (Wildman–Crippen MR) is 76.4 cm³/mol. The van der Waals surface area contributed by atoms with Gasteiger partial charge in [0.2, 0.25) is 5.89 Å². The van der Waals surface area contributed by atoms with Gasteiger partial charge in [-0.15, -0.1) is 0 Å². The van der Waals surface area contributed by atoms with Crippen LogP contribution in [-0.2, 0) is 17.6 Å². The number of hydrogen-bond donors (Lipinski definition) is 1. The number of aromatic nitrogens is 2. The lowest BCUT2D eigenvalue weighted by molar-refractivity contribution is -0.137. The van der Waals surface area contributed by atoms with Gasteiger partial charge in [0.05, 0.1) is 0 Å². The number of unbranched alkanes of at least 4 members (excludes halogenated alkanes) is 1. The van der Waals surface area contributed by atoms with Crippen molar-refractivity contribution in [1.82, 2.24) is 10.1 Å². The van der Waals surface area contributed by atoms with Crippen LogP contribution in [0, 0.1) is 0 Å². The number of carbonyl (C=O) groups is 1. The number of hydrogen-bond acceptors (Lipinski definition) is 4. The van der Waals surface area contributed by atoms with Crippen molar-refractivity contribution in [3.05, 3.63) is 46.0 Å². The van der Waals surface area contributed by atoms with Crippen LogP contribution < -0.4 is 0 Å². The predicted octanol–water partition coefficient (Wildman–Crippen LogP) is 3.22. The summed E-state index contributed by atoms with van der Waals surface area (Å²) >= 11 is 3.48. The Kier molecular flexibility index (Phi) is 5.29. The molecule has 1 heterocycles. The van der Waals surface area contributed by atoms with E-state index in [4.69, 9.17) is 9.63 Å². The second-order valence-electron chi connectivity index (χ2n) is 4.47. The fourth-order valence-electron chi connectivity index (χ4n) is 1.83. The lowest BCUT2D eigenvalue weighted by atomic mass is 10.1. The quantitative estimate of drug-likeness (QED) is 0.784. The fourth-order valence-corrected chi connectivity index (χ4v) is 2.25. The third-order valence-electron chi connectivity index (χ3n) is 2.85. The van der Waals surface area contributed by atoms with Crippen molar-refractivity contribution in [2.24, 2.45) is 0 Å². The highest BCUT2D eigenvalue weighted by atomic mass is 79.9. The molecule has 0 fully saturated rings. The highest BCUT2D eigenvalue weighted by Crippen LogP contribution is 2.18. The number of aliphatic carboxylic acids is 1. The minimum absolute atomic E-state index is 0.179. The number of halogens is 1. The van der Waals surface area contributed by atoms with Gasteiger partial charge in [-0.1, -0.05) is 39.3 Å². The summed E-state index contributed by atoms with van der Waals surface area (Å²) in [7, 11) is 0. The molecule has 2 rings (SSSR count). The second kappa shape index (κ2) is 7.19. The molecule has 0 aliphatic carbocycles. The second-order valence-corrected chi connectivity index (χ2v) is 5.33. The van der Waals surface area contributed by atoms with E-state index in [1.165, 1.54) is 0 Å². The van der Waals surface area contributed by atoms with Crippen LogP contribution in [0.1, 0.15) is 36.5 Å². The summed E-state index contributed by atoms with van der Waals surface area (Å²) < 4.78 is 6.18. The molecule has 0 aliphatic rings. The Hall–Kier alpha value is -1.69. The van der Waals surface area contributed by atoms with Crippen LogP contribution >= 0.6 is 15.9 Å². The average molecular weight is 339 g/mol. The summed E-state index contributed by atoms with van der Waals surface area (Å²) in [4.78, 5) is 14.7. The number of carboxylic acids is 1. The van der Waals surface area contributed by atoms with Gasteiger partial charge in [0.15, 0.2) is 5.82 Å². The minimum atomic E-state index is -0.773. The molecule has 106 valence electrons. The fraction of sp³-hybridized carbons (Fsp3) is 0.357. The van der Waals surface area contributed by atoms with Crippen LogP contribution in [0.3, 0.4) is 0 Å². The maximum atomic E-state index is 10.4. The van der Waals surface area contributed by atoms with E-state index in [0.29, 0.717) is 31.0 Å². The molecule has 6 heteroatoms. The Morgan fingerprint density at radius 2 is 2.10 bits per heavy atom. The van der Waals surface area contributed by atoms with Gasteiger partial charge in [-0.05, 0) is 24.5 Å². The standard InChI is InChI=1S/C14H15BrN2O3/c15-11-6-2-1-5-10(11)9-12-16-13(20-17-12)7-3-4-8-14(18)19/h1-2,5-6H,3-4,7-9H2,(H,18,19). The minimum Gasteiger partial charge on any atom is -0.481 e. The topological polar surface area (TPSA) is 76.2 Å². The molecule has 1 aromatic carbocycles. The largest absolute Gasteiger partial charge is 0.481 e. The van der Waals surface area contributed by atoms with Crippen molar-refractivity contribution in [3.63, 3.8) is 0 Å². The van der Waals surface area contributed by atoms with E-state index in [1.807, 2.05) is 24.3 Å². The summed E-state index contributed by atoms with van der Waals surface area (Å²) in [6.07, 6.45) is 2.77. The summed E-state index contributed by atoms with van der Waals surface area (Å²) in [6.45, 7) is 0. The maximum absolute atomic E-state index is 10.4. The van der Waals surface area contributed by atoms with Crippen LogP contribution in [0.5, 0.6) is 0 Å². The highest BCUT2D eigenvalue weighted by Gasteiger charge is 2.09. The molecule has 0 atom stereocenters. The lowest BCUT2D eigenvalue weighted by Gasteiger charge is -1.99. The number of nitrogens with zero attached hydrogens (tertiary/aromatic N) is 2. The first-order chi connectivity index (χ1) is 9.65. The monoisotopic (exact) mass is 338 g/mol. The van der Waals surface area contributed by atoms with E-state index in [1.54, 1.807) is 0 Å². The van der Waals surface area contributed by atoms with Gasteiger partial charge in [0.1, 0.15) is 0 Å². The van der Waals surface area contributed by atoms with Gasteiger partial charge in [0, 0.05) is 23.7 Å². The summed E-state index contributed by atoms with van der Waals surface area (Å²) in [5, 5.41) is 12.5. The van der Waals surface area contributed by atoms with Gasteiger partial charge in [-0.25, -0.2) is 0 Å².